The summed E-state index contributed by atoms with van der Waals surface area (Å²) in [4.78, 5) is 0.113. The standard InChI is InChI=1S/C23H27FN2O4S/c1-15(2)13-26(23-12-19(24)7-6-16(23)3)31(27,28)21-10-8-20(9-11-21)29-14-22-17(4)25-30-18(22)5/h6-12,15H,13-14H2,1-5H3. The van der Waals surface area contributed by atoms with Gasteiger partial charge in [0.05, 0.1) is 21.8 Å². The normalized spacial score (nSPS) is 11.7. The van der Waals surface area contributed by atoms with Gasteiger partial charge in [-0.1, -0.05) is 25.1 Å². The van der Waals surface area contributed by atoms with Gasteiger partial charge in [0.2, 0.25) is 0 Å². The van der Waals surface area contributed by atoms with Crippen LogP contribution in [0.15, 0.2) is 51.9 Å². The van der Waals surface area contributed by atoms with Crippen LogP contribution in [0.1, 0.15) is 36.4 Å². The number of anilines is 1. The van der Waals surface area contributed by atoms with E-state index in [1.165, 1.54) is 28.6 Å². The SMILES string of the molecule is Cc1ccc(F)cc1N(CC(C)C)S(=O)(=O)c1ccc(OCc2c(C)noc2C)cc1. The summed E-state index contributed by atoms with van der Waals surface area (Å²) in [6.07, 6.45) is 0. The first kappa shape index (κ1) is 22.8. The first-order valence-corrected chi connectivity index (χ1v) is 11.5. The smallest absolute Gasteiger partial charge is 0.264 e. The summed E-state index contributed by atoms with van der Waals surface area (Å²) in [6.45, 7) is 9.76. The summed E-state index contributed by atoms with van der Waals surface area (Å²) >= 11 is 0. The lowest BCUT2D eigenvalue weighted by Gasteiger charge is -2.27. The fourth-order valence-corrected chi connectivity index (χ4v) is 4.89. The van der Waals surface area contributed by atoms with E-state index >= 15 is 0 Å². The van der Waals surface area contributed by atoms with Crippen molar-refractivity contribution in [1.82, 2.24) is 5.16 Å². The Balaban J connectivity index is 1.87. The monoisotopic (exact) mass is 446 g/mol. The van der Waals surface area contributed by atoms with Gasteiger partial charge in [-0.15, -0.1) is 0 Å². The maximum Gasteiger partial charge on any atom is 0.264 e. The van der Waals surface area contributed by atoms with E-state index in [0.717, 1.165) is 11.3 Å². The second-order valence-electron chi connectivity index (χ2n) is 7.92. The zero-order chi connectivity index (χ0) is 22.8. The number of sulfonamides is 1. The molecule has 2 aromatic carbocycles. The van der Waals surface area contributed by atoms with Crippen LogP contribution >= 0.6 is 0 Å². The molecule has 0 spiro atoms. The molecule has 0 aliphatic carbocycles. The molecule has 3 rings (SSSR count). The Morgan fingerprint density at radius 3 is 2.35 bits per heavy atom. The Labute approximate surface area is 182 Å². The topological polar surface area (TPSA) is 72.6 Å². The summed E-state index contributed by atoms with van der Waals surface area (Å²) in [5, 5.41) is 3.89. The fraction of sp³-hybridized carbons (Fsp3) is 0.348. The summed E-state index contributed by atoms with van der Waals surface area (Å²) in [6, 6.07) is 10.4. The average molecular weight is 447 g/mol. The number of ether oxygens (including phenoxy) is 1. The lowest BCUT2D eigenvalue weighted by atomic mass is 10.1. The van der Waals surface area contributed by atoms with Crippen LogP contribution in [0.25, 0.3) is 0 Å². The van der Waals surface area contributed by atoms with Crippen LogP contribution in [0.5, 0.6) is 5.75 Å². The molecule has 1 heterocycles. The third-order valence-electron chi connectivity index (χ3n) is 4.95. The second kappa shape index (κ2) is 9.09. The maximum atomic E-state index is 13.9. The van der Waals surface area contributed by atoms with Crippen molar-refractivity contribution >= 4 is 15.7 Å². The molecule has 166 valence electrons. The quantitative estimate of drug-likeness (QED) is 0.477. The molecule has 0 bridgehead atoms. The number of aromatic nitrogens is 1. The van der Waals surface area contributed by atoms with Gasteiger partial charge < -0.3 is 9.26 Å². The predicted octanol–water partition coefficient (Wildman–Crippen LogP) is 5.17. The summed E-state index contributed by atoms with van der Waals surface area (Å²) in [5.41, 5.74) is 2.64. The highest BCUT2D eigenvalue weighted by atomic mass is 32.2. The van der Waals surface area contributed by atoms with E-state index in [2.05, 4.69) is 5.16 Å². The van der Waals surface area contributed by atoms with E-state index in [9.17, 15) is 12.8 Å². The molecule has 0 saturated carbocycles. The number of hydrogen-bond donors (Lipinski definition) is 0. The Bertz CT molecular complexity index is 1140. The van der Waals surface area contributed by atoms with Crippen molar-refractivity contribution in [3.05, 3.63) is 70.9 Å². The first-order chi connectivity index (χ1) is 14.6. The minimum Gasteiger partial charge on any atom is -0.489 e. The van der Waals surface area contributed by atoms with Crippen LogP contribution in [0.4, 0.5) is 10.1 Å². The number of rotatable bonds is 8. The molecule has 0 saturated heterocycles. The van der Waals surface area contributed by atoms with E-state index in [0.29, 0.717) is 22.8 Å². The summed E-state index contributed by atoms with van der Waals surface area (Å²) < 4.78 is 52.9. The molecule has 0 amide bonds. The number of aryl methyl sites for hydroxylation is 3. The van der Waals surface area contributed by atoms with Gasteiger partial charge in [0.25, 0.3) is 10.0 Å². The minimum atomic E-state index is -3.89. The van der Waals surface area contributed by atoms with Crippen LogP contribution in [0.2, 0.25) is 0 Å². The van der Waals surface area contributed by atoms with Crippen molar-refractivity contribution < 1.29 is 22.1 Å². The second-order valence-corrected chi connectivity index (χ2v) is 9.79. The van der Waals surface area contributed by atoms with E-state index in [1.807, 2.05) is 27.7 Å². The largest absolute Gasteiger partial charge is 0.489 e. The maximum absolute atomic E-state index is 13.9. The molecule has 0 aliphatic rings. The fourth-order valence-electron chi connectivity index (χ4n) is 3.21. The Morgan fingerprint density at radius 1 is 1.10 bits per heavy atom. The van der Waals surface area contributed by atoms with Gasteiger partial charge in [-0.2, -0.15) is 0 Å². The van der Waals surface area contributed by atoms with Crippen molar-refractivity contribution in [3.63, 3.8) is 0 Å². The minimum absolute atomic E-state index is 0.0510. The van der Waals surface area contributed by atoms with Crippen molar-refractivity contribution in [2.75, 3.05) is 10.8 Å². The van der Waals surface area contributed by atoms with Crippen molar-refractivity contribution in [1.29, 1.82) is 0 Å². The van der Waals surface area contributed by atoms with Crippen molar-refractivity contribution in [3.8, 4) is 5.75 Å². The van der Waals surface area contributed by atoms with Crippen LogP contribution in [-0.2, 0) is 16.6 Å². The van der Waals surface area contributed by atoms with E-state index in [4.69, 9.17) is 9.26 Å². The molecule has 6 nitrogen and oxygen atoms in total. The zero-order valence-electron chi connectivity index (χ0n) is 18.3. The number of benzene rings is 2. The van der Waals surface area contributed by atoms with Crippen LogP contribution < -0.4 is 9.04 Å². The van der Waals surface area contributed by atoms with Gasteiger partial charge in [-0.25, -0.2) is 12.8 Å². The highest BCUT2D eigenvalue weighted by Gasteiger charge is 2.27. The molecule has 0 radical (unpaired) electrons. The zero-order valence-corrected chi connectivity index (χ0v) is 19.2. The van der Waals surface area contributed by atoms with Crippen LogP contribution in [-0.4, -0.2) is 20.1 Å². The van der Waals surface area contributed by atoms with Crippen molar-refractivity contribution in [2.45, 2.75) is 46.1 Å². The number of hydrogen-bond acceptors (Lipinski definition) is 5. The van der Waals surface area contributed by atoms with Crippen LogP contribution in [0, 0.1) is 32.5 Å². The van der Waals surface area contributed by atoms with Gasteiger partial charge >= 0.3 is 0 Å². The molecule has 0 N–H and O–H groups in total. The Hall–Kier alpha value is -2.87. The Kier molecular flexibility index (Phi) is 6.69. The molecule has 0 fully saturated rings. The molecule has 1 aromatic heterocycles. The molecule has 0 atom stereocenters. The lowest BCUT2D eigenvalue weighted by molar-refractivity contribution is 0.301. The molecular formula is C23H27FN2O4S. The van der Waals surface area contributed by atoms with E-state index in [-0.39, 0.29) is 24.0 Å². The summed E-state index contributed by atoms with van der Waals surface area (Å²) in [7, 11) is -3.89. The third kappa shape index (κ3) is 5.07. The molecule has 0 aliphatic heterocycles. The number of halogens is 1. The molecule has 3 aromatic rings. The van der Waals surface area contributed by atoms with Crippen molar-refractivity contribution in [2.24, 2.45) is 5.92 Å². The van der Waals surface area contributed by atoms with Gasteiger partial charge in [0.1, 0.15) is 23.9 Å². The lowest BCUT2D eigenvalue weighted by Crippen LogP contribution is -2.34. The summed E-state index contributed by atoms with van der Waals surface area (Å²) in [5.74, 6) is 0.783. The van der Waals surface area contributed by atoms with Gasteiger partial charge in [-0.3, -0.25) is 4.31 Å². The average Bonchev–Trinajstić information content (AvgIpc) is 3.04. The number of nitrogens with zero attached hydrogens (tertiary/aromatic N) is 2. The van der Waals surface area contributed by atoms with Gasteiger partial charge in [-0.05, 0) is 68.7 Å². The molecule has 0 unspecified atom stereocenters. The highest BCUT2D eigenvalue weighted by Crippen LogP contribution is 2.29. The Morgan fingerprint density at radius 2 is 1.77 bits per heavy atom. The van der Waals surface area contributed by atoms with E-state index in [1.54, 1.807) is 25.1 Å². The van der Waals surface area contributed by atoms with Gasteiger partial charge in [0, 0.05) is 6.54 Å². The van der Waals surface area contributed by atoms with Gasteiger partial charge in [0.15, 0.2) is 0 Å². The first-order valence-electron chi connectivity index (χ1n) is 10.0. The predicted molar refractivity (Wildman–Crippen MR) is 117 cm³/mol. The molecular weight excluding hydrogens is 419 g/mol. The molecule has 8 heteroatoms. The molecule has 31 heavy (non-hydrogen) atoms. The van der Waals surface area contributed by atoms with E-state index < -0.39 is 15.8 Å². The van der Waals surface area contributed by atoms with Crippen LogP contribution in [0.3, 0.4) is 0 Å². The third-order valence-corrected chi connectivity index (χ3v) is 6.74. The highest BCUT2D eigenvalue weighted by molar-refractivity contribution is 7.92.